The number of thiazole rings is 1. The topological polar surface area (TPSA) is 63.2 Å². The number of piperidine rings is 1. The van der Waals surface area contributed by atoms with Gasteiger partial charge in [0.2, 0.25) is 5.91 Å². The molecule has 0 unspecified atom stereocenters. The highest BCUT2D eigenvalue weighted by Gasteiger charge is 2.25. The first kappa shape index (κ1) is 19.7. The molecule has 2 heterocycles. The minimum atomic E-state index is 0. The van der Waals surface area contributed by atoms with Crippen LogP contribution < -0.4 is 15.4 Å². The van der Waals surface area contributed by atoms with E-state index < -0.39 is 0 Å². The number of benzene rings is 1. The monoisotopic (exact) mass is 381 g/mol. The van der Waals surface area contributed by atoms with Crippen LogP contribution in [-0.4, -0.2) is 30.6 Å². The summed E-state index contributed by atoms with van der Waals surface area (Å²) in [7, 11) is 1.65. The molecular weight excluding hydrogens is 358 g/mol. The smallest absolute Gasteiger partial charge is 0.229 e. The van der Waals surface area contributed by atoms with Crippen molar-refractivity contribution >= 4 is 34.8 Å². The number of methoxy groups -OCH3 is 1. The molecule has 0 saturated carbocycles. The summed E-state index contributed by atoms with van der Waals surface area (Å²) in [5.74, 6) is 0.966. The lowest BCUT2D eigenvalue weighted by Gasteiger charge is -2.26. The zero-order valence-electron chi connectivity index (χ0n) is 14.7. The van der Waals surface area contributed by atoms with E-state index >= 15 is 0 Å². The second-order valence-corrected chi connectivity index (χ2v) is 7.42. The standard InChI is InChI=1S/C18H23N3O2S.ClH/c1-11-10-14(8-9-19-11)17(22)21-18-20-16(12(2)24-18)13-4-6-15(23-3)7-5-13;/h4-7,11,14,19H,8-10H2,1-3H3,(H,20,21,22);1H/t11-,14-;/m0./s1. The van der Waals surface area contributed by atoms with E-state index in [9.17, 15) is 4.79 Å². The fraction of sp³-hybridized carbons (Fsp3) is 0.444. The quantitative estimate of drug-likeness (QED) is 0.843. The SMILES string of the molecule is COc1ccc(-c2nc(NC(=O)[C@H]3CCN[C@@H](C)C3)sc2C)cc1.Cl. The van der Waals surface area contributed by atoms with Crippen LogP contribution in [-0.2, 0) is 4.79 Å². The second-order valence-electron chi connectivity index (χ2n) is 6.22. The maximum absolute atomic E-state index is 12.5. The first-order chi connectivity index (χ1) is 11.6. The Morgan fingerprint density at radius 3 is 2.72 bits per heavy atom. The normalized spacial score (nSPS) is 19.8. The number of hydrogen-bond donors (Lipinski definition) is 2. The molecule has 1 aliphatic heterocycles. The Bertz CT molecular complexity index is 718. The van der Waals surface area contributed by atoms with Gasteiger partial charge in [0.1, 0.15) is 5.75 Å². The Kier molecular flexibility index (Phi) is 6.81. The number of aromatic nitrogens is 1. The molecule has 136 valence electrons. The number of nitrogens with one attached hydrogen (secondary N) is 2. The highest BCUT2D eigenvalue weighted by Crippen LogP contribution is 2.32. The Labute approximate surface area is 158 Å². The third kappa shape index (κ3) is 4.71. The zero-order valence-corrected chi connectivity index (χ0v) is 16.3. The average Bonchev–Trinajstić information content (AvgIpc) is 2.95. The van der Waals surface area contributed by atoms with E-state index in [0.717, 1.165) is 41.3 Å². The molecule has 1 aromatic carbocycles. The molecule has 2 N–H and O–H groups in total. The van der Waals surface area contributed by atoms with Gasteiger partial charge in [0.05, 0.1) is 12.8 Å². The van der Waals surface area contributed by atoms with Crippen molar-refractivity contribution in [2.24, 2.45) is 5.92 Å². The predicted octanol–water partition coefficient (Wildman–Crippen LogP) is 3.88. The Morgan fingerprint density at radius 1 is 1.36 bits per heavy atom. The average molecular weight is 382 g/mol. The number of hydrogen-bond acceptors (Lipinski definition) is 5. The molecule has 25 heavy (non-hydrogen) atoms. The molecule has 1 amide bonds. The number of rotatable bonds is 4. The molecule has 0 spiro atoms. The highest BCUT2D eigenvalue weighted by molar-refractivity contribution is 7.16. The van der Waals surface area contributed by atoms with Gasteiger partial charge < -0.3 is 15.4 Å². The van der Waals surface area contributed by atoms with Crippen molar-refractivity contribution in [3.63, 3.8) is 0 Å². The lowest BCUT2D eigenvalue weighted by Crippen LogP contribution is -2.40. The van der Waals surface area contributed by atoms with Crippen LogP contribution in [0.2, 0.25) is 0 Å². The van der Waals surface area contributed by atoms with Gasteiger partial charge in [-0.05, 0) is 57.5 Å². The van der Waals surface area contributed by atoms with Crippen molar-refractivity contribution in [3.05, 3.63) is 29.1 Å². The summed E-state index contributed by atoms with van der Waals surface area (Å²) in [6, 6.07) is 8.20. The molecule has 2 aromatic rings. The summed E-state index contributed by atoms with van der Waals surface area (Å²) in [5, 5.41) is 7.05. The number of amides is 1. The molecular formula is C18H24ClN3O2S. The predicted molar refractivity (Wildman–Crippen MR) is 105 cm³/mol. The van der Waals surface area contributed by atoms with E-state index in [1.807, 2.05) is 31.2 Å². The van der Waals surface area contributed by atoms with E-state index in [2.05, 4.69) is 22.5 Å². The summed E-state index contributed by atoms with van der Waals surface area (Å²) >= 11 is 1.52. The lowest BCUT2D eigenvalue weighted by atomic mass is 9.92. The van der Waals surface area contributed by atoms with Crippen LogP contribution in [0.1, 0.15) is 24.6 Å². The van der Waals surface area contributed by atoms with Crippen LogP contribution >= 0.6 is 23.7 Å². The highest BCUT2D eigenvalue weighted by atomic mass is 35.5. The summed E-state index contributed by atoms with van der Waals surface area (Å²) in [6.45, 7) is 5.04. The van der Waals surface area contributed by atoms with Gasteiger partial charge in [0, 0.05) is 22.4 Å². The van der Waals surface area contributed by atoms with Crippen LogP contribution in [0.3, 0.4) is 0 Å². The summed E-state index contributed by atoms with van der Waals surface area (Å²) in [5.41, 5.74) is 1.94. The number of aryl methyl sites for hydroxylation is 1. The van der Waals surface area contributed by atoms with E-state index in [1.54, 1.807) is 7.11 Å². The van der Waals surface area contributed by atoms with Gasteiger partial charge in [-0.2, -0.15) is 0 Å². The first-order valence-electron chi connectivity index (χ1n) is 8.23. The van der Waals surface area contributed by atoms with Crippen molar-refractivity contribution in [2.75, 3.05) is 19.0 Å². The molecule has 2 atom stereocenters. The number of carbonyl (C=O) groups excluding carboxylic acids is 1. The number of carbonyl (C=O) groups is 1. The van der Waals surface area contributed by atoms with Gasteiger partial charge in [0.25, 0.3) is 0 Å². The van der Waals surface area contributed by atoms with Gasteiger partial charge in [0.15, 0.2) is 5.13 Å². The third-order valence-corrected chi connectivity index (χ3v) is 5.27. The van der Waals surface area contributed by atoms with Crippen LogP contribution in [0.15, 0.2) is 24.3 Å². The maximum Gasteiger partial charge on any atom is 0.229 e. The van der Waals surface area contributed by atoms with Gasteiger partial charge in [-0.3, -0.25) is 4.79 Å². The lowest BCUT2D eigenvalue weighted by molar-refractivity contribution is -0.120. The molecule has 1 fully saturated rings. The Balaban J connectivity index is 0.00000225. The van der Waals surface area contributed by atoms with E-state index in [1.165, 1.54) is 11.3 Å². The molecule has 3 rings (SSSR count). The van der Waals surface area contributed by atoms with Crippen LogP contribution in [0, 0.1) is 12.8 Å². The molecule has 5 nitrogen and oxygen atoms in total. The first-order valence-corrected chi connectivity index (χ1v) is 9.04. The van der Waals surface area contributed by atoms with Crippen LogP contribution in [0.25, 0.3) is 11.3 Å². The largest absolute Gasteiger partial charge is 0.497 e. The van der Waals surface area contributed by atoms with Gasteiger partial charge in [-0.25, -0.2) is 4.98 Å². The van der Waals surface area contributed by atoms with Crippen LogP contribution in [0.5, 0.6) is 5.75 Å². The molecule has 0 aliphatic carbocycles. The minimum Gasteiger partial charge on any atom is -0.497 e. The maximum atomic E-state index is 12.5. The van der Waals surface area contributed by atoms with Crippen molar-refractivity contribution in [3.8, 4) is 17.0 Å². The number of ether oxygens (including phenoxy) is 1. The van der Waals surface area contributed by atoms with Crippen molar-refractivity contribution in [1.82, 2.24) is 10.3 Å². The summed E-state index contributed by atoms with van der Waals surface area (Å²) < 4.78 is 5.19. The summed E-state index contributed by atoms with van der Waals surface area (Å²) in [4.78, 5) is 18.2. The van der Waals surface area contributed by atoms with Crippen molar-refractivity contribution in [1.29, 1.82) is 0 Å². The summed E-state index contributed by atoms with van der Waals surface area (Å²) in [6.07, 6.45) is 1.76. The minimum absolute atomic E-state index is 0. The zero-order chi connectivity index (χ0) is 17.1. The molecule has 1 saturated heterocycles. The molecule has 1 aromatic heterocycles. The van der Waals surface area contributed by atoms with E-state index in [0.29, 0.717) is 11.2 Å². The fourth-order valence-electron chi connectivity index (χ4n) is 3.04. The van der Waals surface area contributed by atoms with Crippen LogP contribution in [0.4, 0.5) is 5.13 Å². The van der Waals surface area contributed by atoms with Gasteiger partial charge in [-0.1, -0.05) is 0 Å². The molecule has 0 bridgehead atoms. The molecule has 1 aliphatic rings. The Hall–Kier alpha value is -1.63. The molecule has 0 radical (unpaired) electrons. The molecule has 7 heteroatoms. The second kappa shape index (κ2) is 8.65. The van der Waals surface area contributed by atoms with Crippen molar-refractivity contribution < 1.29 is 9.53 Å². The van der Waals surface area contributed by atoms with Crippen molar-refractivity contribution in [2.45, 2.75) is 32.7 Å². The van der Waals surface area contributed by atoms with Gasteiger partial charge in [-0.15, -0.1) is 23.7 Å². The van der Waals surface area contributed by atoms with Gasteiger partial charge >= 0.3 is 0 Å². The van der Waals surface area contributed by atoms with E-state index in [4.69, 9.17) is 4.74 Å². The van der Waals surface area contributed by atoms with E-state index in [-0.39, 0.29) is 24.2 Å². The number of halogens is 1. The third-order valence-electron chi connectivity index (χ3n) is 4.38. The number of nitrogens with zero attached hydrogens (tertiary/aromatic N) is 1. The number of anilines is 1. The Morgan fingerprint density at radius 2 is 2.08 bits per heavy atom. The fourth-order valence-corrected chi connectivity index (χ4v) is 3.88.